The van der Waals surface area contributed by atoms with Gasteiger partial charge in [0.1, 0.15) is 0 Å². The summed E-state index contributed by atoms with van der Waals surface area (Å²) in [5.41, 5.74) is 8.20. The summed E-state index contributed by atoms with van der Waals surface area (Å²) < 4.78 is 5.66. The molecule has 0 heterocycles. The maximum atomic E-state index is 11.8. The fourth-order valence-electron chi connectivity index (χ4n) is 11.9. The third-order valence-electron chi connectivity index (χ3n) is 14.1. The first-order valence-corrected chi connectivity index (χ1v) is 15.1. The molecule has 0 amide bonds. The molecule has 0 aliphatic heterocycles. The van der Waals surface area contributed by atoms with E-state index in [1.54, 1.807) is 0 Å². The number of fused-ring (bicyclic) bond motifs is 7. The number of esters is 1. The molecular weight excluding hydrogens is 462 g/mol. The van der Waals surface area contributed by atoms with Crippen LogP contribution in [0.3, 0.4) is 0 Å². The van der Waals surface area contributed by atoms with Gasteiger partial charge in [-0.2, -0.15) is 0 Å². The normalized spacial score (nSPS) is 52.9. The average Bonchev–Trinajstić information content (AvgIpc) is 3.25. The molecule has 5 aliphatic carbocycles. The van der Waals surface area contributed by atoms with Crippen molar-refractivity contribution in [1.82, 2.24) is 0 Å². The summed E-state index contributed by atoms with van der Waals surface area (Å²) in [6.07, 6.45) is 11.3. The summed E-state index contributed by atoms with van der Waals surface area (Å²) in [7, 11) is 0. The highest BCUT2D eigenvalue weighted by molar-refractivity contribution is 5.65. The summed E-state index contributed by atoms with van der Waals surface area (Å²) in [6, 6.07) is 0.0600. The lowest BCUT2D eigenvalue weighted by molar-refractivity contribution is -0.245. The molecule has 0 spiro atoms. The molecule has 11 atom stereocenters. The van der Waals surface area contributed by atoms with Crippen LogP contribution in [-0.2, 0) is 9.53 Å². The van der Waals surface area contributed by atoms with Crippen molar-refractivity contribution in [3.63, 3.8) is 0 Å². The SMILES string of the molecule is C=C(CO)[C@@H]1CC[C@]2(CO)CC[C@]3(C)[C@H](CC[C@@H]4[C@@]5(C)CCC(N)[C@@](C)(COC(C)=O)[C@@H]5CC[C@]43C)[C@@H]12. The maximum absolute atomic E-state index is 11.8. The van der Waals surface area contributed by atoms with Crippen LogP contribution in [0.1, 0.15) is 98.8 Å². The van der Waals surface area contributed by atoms with Gasteiger partial charge in [-0.1, -0.05) is 34.3 Å². The molecule has 5 fully saturated rings. The highest BCUT2D eigenvalue weighted by atomic mass is 16.5. The molecule has 5 saturated carbocycles. The van der Waals surface area contributed by atoms with Crippen LogP contribution in [0.2, 0.25) is 0 Å². The smallest absolute Gasteiger partial charge is 0.302 e. The van der Waals surface area contributed by atoms with Crippen molar-refractivity contribution >= 4 is 5.97 Å². The number of hydrogen-bond acceptors (Lipinski definition) is 5. The Labute approximate surface area is 225 Å². The molecule has 5 nitrogen and oxygen atoms in total. The van der Waals surface area contributed by atoms with E-state index < -0.39 is 0 Å². The number of aliphatic hydroxyl groups excluding tert-OH is 2. The Morgan fingerprint density at radius 3 is 2.30 bits per heavy atom. The fourth-order valence-corrected chi connectivity index (χ4v) is 11.9. The molecule has 37 heavy (non-hydrogen) atoms. The van der Waals surface area contributed by atoms with Crippen molar-refractivity contribution < 1.29 is 19.7 Å². The molecule has 0 aromatic heterocycles. The minimum absolute atomic E-state index is 0.00252. The van der Waals surface area contributed by atoms with Crippen LogP contribution in [0.25, 0.3) is 0 Å². The van der Waals surface area contributed by atoms with Crippen LogP contribution >= 0.6 is 0 Å². The minimum Gasteiger partial charge on any atom is -0.465 e. The summed E-state index contributed by atoms with van der Waals surface area (Å²) in [4.78, 5) is 11.8. The standard InChI is InChI=1S/C32H53NO4/c1-20(17-34)22-9-14-32(18-35)16-15-30(5)23(27(22)32)7-8-25-28(3)12-11-26(33)29(4,19-37-21(2)36)24(28)10-13-31(25,30)6/h22-27,34-35H,1,7-19,33H2,2-6H3/t22-,23+,24+,25+,26?,27+,28-,29-,30+,31+,32+/m0/s1. The zero-order valence-electron chi connectivity index (χ0n) is 24.2. The van der Waals surface area contributed by atoms with Crippen molar-refractivity contribution in [3.8, 4) is 0 Å². The van der Waals surface area contributed by atoms with E-state index in [9.17, 15) is 15.0 Å². The van der Waals surface area contributed by atoms with Gasteiger partial charge in [0.2, 0.25) is 0 Å². The van der Waals surface area contributed by atoms with E-state index in [0.717, 1.165) is 44.1 Å². The summed E-state index contributed by atoms with van der Waals surface area (Å²) in [6.45, 7) is 16.6. The molecule has 0 aromatic carbocycles. The second-order valence-electron chi connectivity index (χ2n) is 15.1. The first kappa shape index (κ1) is 27.6. The highest BCUT2D eigenvalue weighted by Crippen LogP contribution is 2.77. The molecule has 210 valence electrons. The van der Waals surface area contributed by atoms with Crippen molar-refractivity contribution in [2.75, 3.05) is 19.8 Å². The predicted molar refractivity (Wildman–Crippen MR) is 146 cm³/mol. The molecule has 5 aliphatic rings. The van der Waals surface area contributed by atoms with Gasteiger partial charge in [0.15, 0.2) is 0 Å². The number of rotatable bonds is 5. The second-order valence-corrected chi connectivity index (χ2v) is 15.1. The van der Waals surface area contributed by atoms with E-state index in [1.807, 2.05) is 0 Å². The van der Waals surface area contributed by atoms with Crippen LogP contribution in [0.15, 0.2) is 12.2 Å². The van der Waals surface area contributed by atoms with Crippen LogP contribution in [0.5, 0.6) is 0 Å². The third-order valence-corrected chi connectivity index (χ3v) is 14.1. The van der Waals surface area contributed by atoms with E-state index in [-0.39, 0.29) is 52.3 Å². The van der Waals surface area contributed by atoms with Crippen LogP contribution in [-0.4, -0.2) is 42.0 Å². The number of carbonyl (C=O) groups excluding carboxylic acids is 1. The second kappa shape index (κ2) is 9.06. The zero-order chi connectivity index (χ0) is 27.0. The van der Waals surface area contributed by atoms with Gasteiger partial charge in [0, 0.05) is 25.0 Å². The molecule has 0 saturated heterocycles. The lowest BCUT2D eigenvalue weighted by Crippen LogP contribution is -2.68. The number of carbonyl (C=O) groups is 1. The molecule has 1 unspecified atom stereocenters. The van der Waals surface area contributed by atoms with Crippen molar-refractivity contribution in [2.24, 2.45) is 62.4 Å². The Morgan fingerprint density at radius 1 is 0.919 bits per heavy atom. The van der Waals surface area contributed by atoms with Gasteiger partial charge >= 0.3 is 5.97 Å². The first-order chi connectivity index (χ1) is 17.3. The maximum Gasteiger partial charge on any atom is 0.302 e. The quantitative estimate of drug-likeness (QED) is 0.333. The van der Waals surface area contributed by atoms with Crippen molar-refractivity contribution in [3.05, 3.63) is 12.2 Å². The minimum atomic E-state index is -0.209. The molecule has 5 heteroatoms. The monoisotopic (exact) mass is 515 g/mol. The molecule has 4 N–H and O–H groups in total. The third kappa shape index (κ3) is 3.62. The summed E-state index contributed by atoms with van der Waals surface area (Å²) in [5, 5.41) is 20.8. The molecular formula is C32H53NO4. The number of nitrogens with two attached hydrogens (primary N) is 1. The molecule has 0 bridgehead atoms. The number of ether oxygens (including phenoxy) is 1. The summed E-state index contributed by atoms with van der Waals surface area (Å²) in [5.74, 6) is 2.17. The fraction of sp³-hybridized carbons (Fsp3) is 0.906. The zero-order valence-corrected chi connectivity index (χ0v) is 24.2. The Balaban J connectivity index is 1.51. The lowest BCUT2D eigenvalue weighted by atomic mass is 9.32. The van der Waals surface area contributed by atoms with Gasteiger partial charge in [-0.05, 0) is 121 Å². The van der Waals surface area contributed by atoms with E-state index in [1.165, 1.54) is 32.6 Å². The molecule has 0 aromatic rings. The molecule has 0 radical (unpaired) electrons. The number of aliphatic hydroxyl groups is 2. The Hall–Kier alpha value is -0.910. The van der Waals surface area contributed by atoms with Gasteiger partial charge in [0.05, 0.1) is 13.2 Å². The van der Waals surface area contributed by atoms with E-state index >= 15 is 0 Å². The Kier molecular flexibility index (Phi) is 6.77. The van der Waals surface area contributed by atoms with Crippen LogP contribution in [0, 0.1) is 56.7 Å². The van der Waals surface area contributed by atoms with E-state index in [0.29, 0.717) is 36.2 Å². The summed E-state index contributed by atoms with van der Waals surface area (Å²) >= 11 is 0. The van der Waals surface area contributed by atoms with E-state index in [4.69, 9.17) is 10.5 Å². The van der Waals surface area contributed by atoms with Gasteiger partial charge < -0.3 is 20.7 Å². The molecule has 5 rings (SSSR count). The van der Waals surface area contributed by atoms with E-state index in [2.05, 4.69) is 34.3 Å². The highest BCUT2D eigenvalue weighted by Gasteiger charge is 2.71. The topological polar surface area (TPSA) is 92.8 Å². The Bertz CT molecular complexity index is 936. The van der Waals surface area contributed by atoms with Gasteiger partial charge in [0.25, 0.3) is 0 Å². The lowest BCUT2D eigenvalue weighted by Gasteiger charge is -2.73. The van der Waals surface area contributed by atoms with Gasteiger partial charge in [-0.15, -0.1) is 0 Å². The average molecular weight is 516 g/mol. The predicted octanol–water partition coefficient (Wildman–Crippen LogP) is 5.48. The van der Waals surface area contributed by atoms with Gasteiger partial charge in [-0.25, -0.2) is 0 Å². The van der Waals surface area contributed by atoms with Crippen molar-refractivity contribution in [2.45, 2.75) is 105 Å². The van der Waals surface area contributed by atoms with Gasteiger partial charge in [-0.3, -0.25) is 4.79 Å². The largest absolute Gasteiger partial charge is 0.465 e. The Morgan fingerprint density at radius 2 is 1.65 bits per heavy atom. The first-order valence-electron chi connectivity index (χ1n) is 15.1. The van der Waals surface area contributed by atoms with Crippen molar-refractivity contribution in [1.29, 1.82) is 0 Å². The van der Waals surface area contributed by atoms with Crippen LogP contribution < -0.4 is 5.73 Å². The van der Waals surface area contributed by atoms with Crippen LogP contribution in [0.4, 0.5) is 0 Å². The number of hydrogen-bond donors (Lipinski definition) is 3.